The zero-order valence-electron chi connectivity index (χ0n) is 20.1. The van der Waals surface area contributed by atoms with Crippen LogP contribution in [0.15, 0.2) is 36.4 Å². The van der Waals surface area contributed by atoms with E-state index < -0.39 is 47.1 Å². The van der Waals surface area contributed by atoms with Gasteiger partial charge in [0, 0.05) is 24.6 Å². The summed E-state index contributed by atoms with van der Waals surface area (Å²) in [5.41, 5.74) is -1.78. The zero-order valence-corrected chi connectivity index (χ0v) is 20.1. The second kappa shape index (κ2) is 9.26. The lowest BCUT2D eigenvalue weighted by molar-refractivity contribution is -0.189. The van der Waals surface area contributed by atoms with Crippen molar-refractivity contribution in [3.05, 3.63) is 59.2 Å². The molecule has 2 aromatic carbocycles. The quantitative estimate of drug-likeness (QED) is 0.456. The maximum absolute atomic E-state index is 14.0. The number of carbonyl (C=O) groups excluding carboxylic acids is 1. The van der Waals surface area contributed by atoms with Crippen molar-refractivity contribution >= 4 is 21.6 Å². The molecule has 2 aromatic rings. The van der Waals surface area contributed by atoms with E-state index in [1.165, 1.54) is 42.3 Å². The fourth-order valence-electron chi connectivity index (χ4n) is 4.67. The van der Waals surface area contributed by atoms with Gasteiger partial charge in [-0.1, -0.05) is 0 Å². The number of halogens is 5. The lowest BCUT2D eigenvalue weighted by atomic mass is 9.76. The summed E-state index contributed by atoms with van der Waals surface area (Å²) in [6.07, 6.45) is -7.15. The summed E-state index contributed by atoms with van der Waals surface area (Å²) in [5.74, 6) is -2.10. The van der Waals surface area contributed by atoms with Gasteiger partial charge in [0.25, 0.3) is 5.91 Å². The van der Waals surface area contributed by atoms with Crippen molar-refractivity contribution in [3.8, 4) is 11.5 Å². The van der Waals surface area contributed by atoms with Crippen LogP contribution in [0.2, 0.25) is 0 Å². The molecule has 36 heavy (non-hydrogen) atoms. The van der Waals surface area contributed by atoms with Gasteiger partial charge in [0.15, 0.2) is 33.3 Å². The number of rotatable bonds is 5. The van der Waals surface area contributed by atoms with E-state index in [0.29, 0.717) is 0 Å². The molecule has 2 saturated heterocycles. The number of carbonyl (C=O) groups is 1. The van der Waals surface area contributed by atoms with E-state index in [-0.39, 0.29) is 42.1 Å². The average Bonchev–Trinajstić information content (AvgIpc) is 3.07. The van der Waals surface area contributed by atoms with Crippen molar-refractivity contribution in [1.29, 1.82) is 0 Å². The Bertz CT molecular complexity index is 1140. The van der Waals surface area contributed by atoms with Gasteiger partial charge in [0.05, 0.1) is 19.2 Å². The molecule has 2 fully saturated rings. The van der Waals surface area contributed by atoms with Crippen LogP contribution in [0.25, 0.3) is 0 Å². The fraction of sp³-hybridized carbons (Fsp3) is 0.435. The Morgan fingerprint density at radius 2 is 1.81 bits per heavy atom. The molecule has 3 atom stereocenters. The van der Waals surface area contributed by atoms with E-state index in [1.807, 2.05) is 0 Å². The number of fused-ring (bicyclic) bond motifs is 1. The third-order valence-electron chi connectivity index (χ3n) is 6.33. The van der Waals surface area contributed by atoms with Crippen LogP contribution < -0.4 is 9.47 Å². The Morgan fingerprint density at radius 3 is 2.42 bits per heavy atom. The highest BCUT2D eigenvalue weighted by Crippen LogP contribution is 2.47. The van der Waals surface area contributed by atoms with Crippen molar-refractivity contribution in [2.45, 2.75) is 42.9 Å². The summed E-state index contributed by atoms with van der Waals surface area (Å²) in [4.78, 5) is 14.8. The summed E-state index contributed by atoms with van der Waals surface area (Å²) in [6.45, 7) is 1.11. The van der Waals surface area contributed by atoms with E-state index in [0.717, 1.165) is 13.0 Å². The Morgan fingerprint density at radius 1 is 1.14 bits per heavy atom. The van der Waals surface area contributed by atoms with Crippen molar-refractivity contribution in [1.82, 2.24) is 4.90 Å². The summed E-state index contributed by atoms with van der Waals surface area (Å²) in [7, 11) is 4.62. The Balaban J connectivity index is 1.57. The molecule has 2 heterocycles. The highest BCUT2D eigenvalue weighted by molar-refractivity contribution is 6.38. The number of amides is 1. The molecule has 1 amide bonds. The predicted octanol–water partition coefficient (Wildman–Crippen LogP) is 2.34. The first-order valence-electron chi connectivity index (χ1n) is 11.3. The molecule has 2 aliphatic rings. The number of methoxy groups -OCH3 is 1. The molecule has 0 aliphatic carbocycles. The molecular formula is C23H24B2F5NO5. The molecule has 0 saturated carbocycles. The minimum atomic E-state index is -4.57. The third kappa shape index (κ3) is 5.04. The van der Waals surface area contributed by atoms with Crippen molar-refractivity contribution in [2.24, 2.45) is 0 Å². The minimum Gasteiger partial charge on any atom is -0.493 e. The van der Waals surface area contributed by atoms with Gasteiger partial charge in [0.2, 0.25) is 0 Å². The first-order chi connectivity index (χ1) is 16.7. The predicted molar refractivity (Wildman–Crippen MR) is 123 cm³/mol. The smallest absolute Gasteiger partial charge is 0.425 e. The maximum atomic E-state index is 14.0. The van der Waals surface area contributed by atoms with Crippen LogP contribution in [-0.2, 0) is 15.1 Å². The number of hydrogen-bond acceptors (Lipinski definition) is 5. The summed E-state index contributed by atoms with van der Waals surface area (Å²) in [6, 6.07) is 7.07. The highest BCUT2D eigenvalue weighted by Gasteiger charge is 2.56. The zero-order chi connectivity index (χ0) is 26.5. The van der Waals surface area contributed by atoms with E-state index in [4.69, 9.17) is 18.9 Å². The molecular weight excluding hydrogens is 487 g/mol. The van der Waals surface area contributed by atoms with E-state index in [9.17, 15) is 26.7 Å². The number of hydrogen-bond donors (Lipinski definition) is 0. The maximum Gasteiger partial charge on any atom is 0.425 e. The number of likely N-dealkylation sites (tertiary alicyclic amines) is 1. The molecule has 0 bridgehead atoms. The molecule has 0 spiro atoms. The molecule has 2 aliphatic heterocycles. The number of piperidine rings is 1. The third-order valence-corrected chi connectivity index (χ3v) is 6.33. The van der Waals surface area contributed by atoms with Crippen LogP contribution in [0.3, 0.4) is 0 Å². The SMILES string of the molecule is BC1(B)OC2CN(C(=O)c3ccc(OC(C)C(F)(F)F)c(OC)c3)CCC2(c2cc(F)cc(F)c2)O1. The van der Waals surface area contributed by atoms with Gasteiger partial charge in [0.1, 0.15) is 23.3 Å². The van der Waals surface area contributed by atoms with E-state index >= 15 is 0 Å². The van der Waals surface area contributed by atoms with Crippen LogP contribution in [0.4, 0.5) is 22.0 Å². The second-order valence-electron chi connectivity index (χ2n) is 9.32. The van der Waals surface area contributed by atoms with Crippen molar-refractivity contribution < 1.29 is 45.7 Å². The summed E-state index contributed by atoms with van der Waals surface area (Å²) in [5, 5.41) is 0. The van der Waals surface area contributed by atoms with Crippen LogP contribution in [-0.4, -0.2) is 70.7 Å². The Hall–Kier alpha value is -2.79. The number of ether oxygens (including phenoxy) is 4. The first-order valence-corrected chi connectivity index (χ1v) is 11.3. The number of alkyl halides is 3. The van der Waals surface area contributed by atoms with Gasteiger partial charge in [-0.15, -0.1) is 0 Å². The van der Waals surface area contributed by atoms with Crippen molar-refractivity contribution in [3.63, 3.8) is 0 Å². The largest absolute Gasteiger partial charge is 0.493 e. The van der Waals surface area contributed by atoms with Crippen LogP contribution in [0.1, 0.15) is 29.3 Å². The number of benzene rings is 2. The second-order valence-corrected chi connectivity index (χ2v) is 9.32. The fourth-order valence-corrected chi connectivity index (χ4v) is 4.67. The first kappa shape index (κ1) is 26.3. The minimum absolute atomic E-state index is 0.0277. The van der Waals surface area contributed by atoms with Gasteiger partial charge in [-0.2, -0.15) is 13.2 Å². The summed E-state index contributed by atoms with van der Waals surface area (Å²) < 4.78 is 89.0. The molecule has 3 unspecified atom stereocenters. The molecule has 192 valence electrons. The van der Waals surface area contributed by atoms with Gasteiger partial charge in [-0.3, -0.25) is 4.79 Å². The molecule has 0 aromatic heterocycles. The molecule has 13 heteroatoms. The van der Waals surface area contributed by atoms with Crippen molar-refractivity contribution in [2.75, 3.05) is 20.2 Å². The van der Waals surface area contributed by atoms with Crippen LogP contribution in [0, 0.1) is 11.6 Å². The Kier molecular flexibility index (Phi) is 6.76. The van der Waals surface area contributed by atoms with Gasteiger partial charge in [-0.05, 0) is 42.8 Å². The lowest BCUT2D eigenvalue weighted by Crippen LogP contribution is -2.53. The Labute approximate surface area is 206 Å². The molecule has 0 radical (unpaired) electrons. The van der Waals surface area contributed by atoms with E-state index in [1.54, 1.807) is 15.7 Å². The average molecular weight is 511 g/mol. The van der Waals surface area contributed by atoms with E-state index in [2.05, 4.69) is 0 Å². The van der Waals surface area contributed by atoms with Crippen LogP contribution >= 0.6 is 0 Å². The monoisotopic (exact) mass is 511 g/mol. The number of nitrogens with zero attached hydrogens (tertiary/aromatic N) is 1. The van der Waals surface area contributed by atoms with Gasteiger partial charge < -0.3 is 23.8 Å². The normalized spacial score (nSPS) is 24.2. The molecule has 6 nitrogen and oxygen atoms in total. The molecule has 4 rings (SSSR count). The topological polar surface area (TPSA) is 57.2 Å². The standard InChI is InChI=1S/C23H24B2F5NO5/c1-12(22(28,29)30)34-17-4-3-13(7-18(17)33-2)20(32)31-6-5-21(14-8-15(26)10-16(27)9-14)19(11-31)35-23(24,25)36-21/h3-4,7-10,12,19H,5-6,11,24-25H2,1-2H3. The lowest BCUT2D eigenvalue weighted by Gasteiger charge is -2.42. The van der Waals surface area contributed by atoms with Gasteiger partial charge in [-0.25, -0.2) is 8.78 Å². The summed E-state index contributed by atoms with van der Waals surface area (Å²) >= 11 is 0. The molecule has 0 N–H and O–H groups in total. The van der Waals surface area contributed by atoms with Gasteiger partial charge >= 0.3 is 6.18 Å². The van der Waals surface area contributed by atoms with Crippen LogP contribution in [0.5, 0.6) is 11.5 Å². The highest BCUT2D eigenvalue weighted by atomic mass is 19.4.